The Labute approximate surface area is 204 Å². The molecular weight excluding hydrogens is 438 g/mol. The highest BCUT2D eigenvalue weighted by Crippen LogP contribution is 2.21. The Hall–Kier alpha value is -3.90. The number of nitrogens with one attached hydrogen (secondary N) is 1. The zero-order chi connectivity index (χ0) is 24.2. The minimum Gasteiger partial charge on any atom is -0.497 e. The topological polar surface area (TPSA) is 63.6 Å². The van der Waals surface area contributed by atoms with Gasteiger partial charge in [-0.15, -0.1) is 0 Å². The number of fused-ring (bicyclic) bond motifs is 1. The summed E-state index contributed by atoms with van der Waals surface area (Å²) < 4.78 is 6.86. The molecule has 0 radical (unpaired) electrons. The fourth-order valence-corrected chi connectivity index (χ4v) is 4.76. The lowest BCUT2D eigenvalue weighted by molar-refractivity contribution is 0.0910. The molecule has 6 heteroatoms. The molecule has 178 valence electrons. The zero-order valence-corrected chi connectivity index (χ0v) is 19.8. The van der Waals surface area contributed by atoms with E-state index < -0.39 is 0 Å². The van der Waals surface area contributed by atoms with Gasteiger partial charge in [-0.3, -0.25) is 19.1 Å². The number of carbonyl (C=O) groups is 1. The van der Waals surface area contributed by atoms with E-state index in [1.807, 2.05) is 42.5 Å². The average Bonchev–Trinajstić information content (AvgIpc) is 2.91. The van der Waals surface area contributed by atoms with E-state index in [9.17, 15) is 9.59 Å². The van der Waals surface area contributed by atoms with Gasteiger partial charge in [0.25, 0.3) is 11.5 Å². The maximum atomic E-state index is 13.5. The van der Waals surface area contributed by atoms with E-state index >= 15 is 0 Å². The number of carbonyl (C=O) groups excluding carboxylic acids is 1. The van der Waals surface area contributed by atoms with E-state index in [0.29, 0.717) is 27.8 Å². The normalized spacial score (nSPS) is 14.7. The summed E-state index contributed by atoms with van der Waals surface area (Å²) in [6.07, 6.45) is 3.44. The van der Waals surface area contributed by atoms with Gasteiger partial charge in [-0.2, -0.15) is 0 Å². The number of ether oxygens (including phenoxy) is 1. The lowest BCUT2D eigenvalue weighted by Gasteiger charge is -2.32. The zero-order valence-electron chi connectivity index (χ0n) is 19.8. The van der Waals surface area contributed by atoms with E-state index in [4.69, 9.17) is 4.74 Å². The smallest absolute Gasteiger partial charge is 0.262 e. The Morgan fingerprint density at radius 1 is 0.943 bits per heavy atom. The van der Waals surface area contributed by atoms with Crippen molar-refractivity contribution >= 4 is 16.7 Å². The van der Waals surface area contributed by atoms with Gasteiger partial charge in [0.05, 0.1) is 18.4 Å². The fraction of sp³-hybridized carbons (Fsp3) is 0.241. The van der Waals surface area contributed by atoms with Gasteiger partial charge in [0.1, 0.15) is 5.75 Å². The molecule has 1 aliphatic heterocycles. The third-order valence-electron chi connectivity index (χ3n) is 6.67. The lowest BCUT2D eigenvalue weighted by Crippen LogP contribution is -2.44. The molecule has 1 aliphatic rings. The molecule has 1 fully saturated rings. The monoisotopic (exact) mass is 467 g/mol. The molecule has 0 saturated carbocycles. The van der Waals surface area contributed by atoms with Crippen LogP contribution in [-0.4, -0.2) is 41.6 Å². The number of hydrogen-bond donors (Lipinski definition) is 1. The molecule has 4 aromatic rings. The summed E-state index contributed by atoms with van der Waals surface area (Å²) in [5.74, 6) is 0.496. The van der Waals surface area contributed by atoms with Crippen molar-refractivity contribution in [2.75, 3.05) is 20.2 Å². The molecule has 5 rings (SSSR count). The Morgan fingerprint density at radius 3 is 2.40 bits per heavy atom. The summed E-state index contributed by atoms with van der Waals surface area (Å²) in [5, 5.41) is 4.40. The van der Waals surface area contributed by atoms with Gasteiger partial charge in [0.15, 0.2) is 0 Å². The average molecular weight is 468 g/mol. The Bertz CT molecular complexity index is 1390. The van der Waals surface area contributed by atoms with Gasteiger partial charge in [-0.05, 0) is 36.6 Å². The predicted molar refractivity (Wildman–Crippen MR) is 138 cm³/mol. The summed E-state index contributed by atoms with van der Waals surface area (Å²) in [6, 6.07) is 25.1. The van der Waals surface area contributed by atoms with Crippen molar-refractivity contribution < 1.29 is 9.53 Å². The number of methoxy groups -OCH3 is 1. The quantitative estimate of drug-likeness (QED) is 0.457. The predicted octanol–water partition coefficient (Wildman–Crippen LogP) is 4.39. The maximum absolute atomic E-state index is 13.5. The molecule has 1 amide bonds. The van der Waals surface area contributed by atoms with E-state index in [0.717, 1.165) is 32.5 Å². The van der Waals surface area contributed by atoms with E-state index in [1.165, 1.54) is 10.1 Å². The van der Waals surface area contributed by atoms with Crippen molar-refractivity contribution in [3.63, 3.8) is 0 Å². The van der Waals surface area contributed by atoms with Crippen LogP contribution in [0.25, 0.3) is 16.5 Å². The minimum absolute atomic E-state index is 0.102. The van der Waals surface area contributed by atoms with Crippen LogP contribution in [0.15, 0.2) is 89.9 Å². The summed E-state index contributed by atoms with van der Waals surface area (Å²) in [4.78, 5) is 29.1. The van der Waals surface area contributed by atoms with Crippen LogP contribution in [0.2, 0.25) is 0 Å². The van der Waals surface area contributed by atoms with E-state index in [2.05, 4.69) is 34.5 Å². The lowest BCUT2D eigenvalue weighted by atomic mass is 10.0. The van der Waals surface area contributed by atoms with Gasteiger partial charge >= 0.3 is 0 Å². The molecule has 0 bridgehead atoms. The molecule has 35 heavy (non-hydrogen) atoms. The molecule has 0 aliphatic carbocycles. The largest absolute Gasteiger partial charge is 0.497 e. The first-order chi connectivity index (χ1) is 17.1. The highest BCUT2D eigenvalue weighted by molar-refractivity contribution is 6.06. The third kappa shape index (κ3) is 4.98. The standard InChI is InChI=1S/C29H29N3O3/c1-35-24-11-7-10-23(18-24)32-20-27(25-12-5-6-13-26(25)29(32)34)28(33)30-22-14-16-31(17-15-22)19-21-8-3-2-4-9-21/h2-13,18,20,22H,14-17,19H2,1H3,(H,30,33). The van der Waals surface area contributed by atoms with Crippen molar-refractivity contribution in [3.8, 4) is 11.4 Å². The first-order valence-electron chi connectivity index (χ1n) is 12.0. The van der Waals surface area contributed by atoms with E-state index in [-0.39, 0.29) is 17.5 Å². The van der Waals surface area contributed by atoms with E-state index in [1.54, 1.807) is 25.4 Å². The van der Waals surface area contributed by atoms with Gasteiger partial charge in [-0.25, -0.2) is 0 Å². The molecule has 0 unspecified atom stereocenters. The van der Waals surface area contributed by atoms with Crippen LogP contribution in [0, 0.1) is 0 Å². The molecule has 3 aromatic carbocycles. The van der Waals surface area contributed by atoms with Crippen LogP contribution in [0.5, 0.6) is 5.75 Å². The summed E-state index contributed by atoms with van der Waals surface area (Å²) in [6.45, 7) is 2.80. The van der Waals surface area contributed by atoms with Crippen LogP contribution in [0.4, 0.5) is 0 Å². The van der Waals surface area contributed by atoms with Crippen LogP contribution in [-0.2, 0) is 6.54 Å². The van der Waals surface area contributed by atoms with Crippen molar-refractivity contribution in [1.29, 1.82) is 0 Å². The third-order valence-corrected chi connectivity index (χ3v) is 6.67. The van der Waals surface area contributed by atoms with Crippen molar-refractivity contribution in [2.24, 2.45) is 0 Å². The first kappa shape index (κ1) is 22.9. The maximum Gasteiger partial charge on any atom is 0.262 e. The summed E-state index contributed by atoms with van der Waals surface area (Å²) in [7, 11) is 1.59. The van der Waals surface area contributed by atoms with Gasteiger partial charge in [0, 0.05) is 48.7 Å². The van der Waals surface area contributed by atoms with Crippen molar-refractivity contribution in [3.05, 3.63) is 107 Å². The van der Waals surface area contributed by atoms with Gasteiger partial charge in [0.2, 0.25) is 0 Å². The Morgan fingerprint density at radius 2 is 1.66 bits per heavy atom. The number of pyridine rings is 1. The summed E-state index contributed by atoms with van der Waals surface area (Å²) >= 11 is 0. The summed E-state index contributed by atoms with van der Waals surface area (Å²) in [5.41, 5.74) is 2.29. The van der Waals surface area contributed by atoms with Crippen LogP contribution >= 0.6 is 0 Å². The number of amides is 1. The number of piperidine rings is 1. The number of nitrogens with zero attached hydrogens (tertiary/aromatic N) is 2. The SMILES string of the molecule is COc1cccc(-n2cc(C(=O)NC3CCN(Cc4ccccc4)CC3)c3ccccc3c2=O)c1. The van der Waals surface area contributed by atoms with Crippen molar-refractivity contribution in [1.82, 2.24) is 14.8 Å². The second-order valence-corrected chi connectivity index (χ2v) is 8.97. The van der Waals surface area contributed by atoms with Crippen LogP contribution in [0.1, 0.15) is 28.8 Å². The molecule has 1 N–H and O–H groups in total. The Kier molecular flexibility index (Phi) is 6.64. The van der Waals surface area contributed by atoms with Gasteiger partial charge in [-0.1, -0.05) is 54.6 Å². The fourth-order valence-electron chi connectivity index (χ4n) is 4.76. The molecule has 2 heterocycles. The molecule has 0 spiro atoms. The number of benzene rings is 3. The Balaban J connectivity index is 1.37. The molecule has 6 nitrogen and oxygen atoms in total. The first-order valence-corrected chi connectivity index (χ1v) is 12.0. The van der Waals surface area contributed by atoms with Crippen molar-refractivity contribution in [2.45, 2.75) is 25.4 Å². The molecular formula is C29H29N3O3. The second kappa shape index (κ2) is 10.2. The highest BCUT2D eigenvalue weighted by atomic mass is 16.5. The molecule has 0 atom stereocenters. The molecule has 1 saturated heterocycles. The van der Waals surface area contributed by atoms with Crippen LogP contribution in [0.3, 0.4) is 0 Å². The number of likely N-dealkylation sites (tertiary alicyclic amines) is 1. The number of aromatic nitrogens is 1. The van der Waals surface area contributed by atoms with Crippen LogP contribution < -0.4 is 15.6 Å². The second-order valence-electron chi connectivity index (χ2n) is 8.97. The number of hydrogen-bond acceptors (Lipinski definition) is 4. The number of rotatable bonds is 6. The minimum atomic E-state index is -0.167. The molecule has 1 aromatic heterocycles. The highest BCUT2D eigenvalue weighted by Gasteiger charge is 2.23. The van der Waals surface area contributed by atoms with Gasteiger partial charge < -0.3 is 10.1 Å².